The highest BCUT2D eigenvalue weighted by Gasteiger charge is 2.42. The van der Waals surface area contributed by atoms with Gasteiger partial charge in [-0.25, -0.2) is 9.97 Å². The molecule has 1 aromatic carbocycles. The normalized spacial score (nSPS) is 15.9. The van der Waals surface area contributed by atoms with Gasteiger partial charge in [0.05, 0.1) is 22.2 Å². The summed E-state index contributed by atoms with van der Waals surface area (Å²) in [5.74, 6) is 1.01. The van der Waals surface area contributed by atoms with Gasteiger partial charge in [0.15, 0.2) is 5.82 Å². The highest BCUT2D eigenvalue weighted by Crippen LogP contribution is 2.39. The maximum absolute atomic E-state index is 12.4. The van der Waals surface area contributed by atoms with Gasteiger partial charge < -0.3 is 5.32 Å². The van der Waals surface area contributed by atoms with Crippen LogP contribution in [-0.4, -0.2) is 27.2 Å². The summed E-state index contributed by atoms with van der Waals surface area (Å²) in [6.45, 7) is 1.81. The predicted octanol–water partition coefficient (Wildman–Crippen LogP) is 4.26. The summed E-state index contributed by atoms with van der Waals surface area (Å²) < 4.78 is 0. The van der Waals surface area contributed by atoms with E-state index in [-0.39, 0.29) is 17.6 Å². The fraction of sp³-hybridized carbons (Fsp3) is 0.300. The number of thiophene rings is 1. The molecule has 1 amide bonds. The summed E-state index contributed by atoms with van der Waals surface area (Å²) >= 11 is 2.97. The summed E-state index contributed by atoms with van der Waals surface area (Å²) in [6, 6.07) is 14.0. The molecule has 27 heavy (non-hydrogen) atoms. The molecule has 1 atom stereocenters. The second kappa shape index (κ2) is 7.29. The lowest BCUT2D eigenvalue weighted by atomic mass is 9.98. The minimum Gasteiger partial charge on any atom is -0.337 e. The highest BCUT2D eigenvalue weighted by atomic mass is 32.2. The molecule has 5 nitrogen and oxygen atoms in total. The predicted molar refractivity (Wildman–Crippen MR) is 108 cm³/mol. The van der Waals surface area contributed by atoms with E-state index in [1.165, 1.54) is 11.8 Å². The van der Waals surface area contributed by atoms with Crippen molar-refractivity contribution in [3.63, 3.8) is 0 Å². The molecule has 3 aromatic rings. The Labute approximate surface area is 165 Å². The van der Waals surface area contributed by atoms with Crippen LogP contribution >= 0.6 is 23.1 Å². The first-order valence-electron chi connectivity index (χ1n) is 8.75. The summed E-state index contributed by atoms with van der Waals surface area (Å²) in [5.41, 5.74) is 0.0895. The van der Waals surface area contributed by atoms with Gasteiger partial charge in [-0.05, 0) is 43.2 Å². The van der Waals surface area contributed by atoms with E-state index in [0.29, 0.717) is 5.82 Å². The molecule has 2 aromatic heterocycles. The Bertz CT molecular complexity index is 1020. The van der Waals surface area contributed by atoms with Crippen molar-refractivity contribution >= 4 is 39.9 Å². The topological polar surface area (TPSA) is 78.7 Å². The van der Waals surface area contributed by atoms with E-state index in [1.807, 2.05) is 48.7 Å². The quantitative estimate of drug-likeness (QED) is 0.499. The Hall–Kier alpha value is -2.43. The van der Waals surface area contributed by atoms with Crippen molar-refractivity contribution in [3.05, 3.63) is 41.8 Å². The number of nitrogens with one attached hydrogen (secondary N) is 1. The van der Waals surface area contributed by atoms with Gasteiger partial charge in [-0.3, -0.25) is 4.79 Å². The summed E-state index contributed by atoms with van der Waals surface area (Å²) in [4.78, 5) is 22.8. The van der Waals surface area contributed by atoms with Crippen molar-refractivity contribution in [2.45, 2.75) is 30.3 Å². The number of thioether (sulfide) groups is 1. The molecule has 1 fully saturated rings. The van der Waals surface area contributed by atoms with Crippen LogP contribution in [0.4, 0.5) is 0 Å². The van der Waals surface area contributed by atoms with Gasteiger partial charge >= 0.3 is 0 Å². The maximum Gasteiger partial charge on any atom is 0.231 e. The number of carbonyl (C=O) groups is 1. The molecule has 7 heteroatoms. The molecule has 136 valence electrons. The smallest absolute Gasteiger partial charge is 0.231 e. The van der Waals surface area contributed by atoms with Crippen molar-refractivity contribution in [3.8, 4) is 16.8 Å². The standard InChI is InChI=1S/C20H18N4OS2/c1-20(12-21,13-8-9-13)24-17(25)11-27-19-14-5-2-3-6-15(14)22-18(23-19)16-7-4-10-26-16/h2-7,10,13H,8-9,11H2,1H3,(H,24,25). The van der Waals surface area contributed by atoms with E-state index in [4.69, 9.17) is 4.98 Å². The van der Waals surface area contributed by atoms with E-state index in [1.54, 1.807) is 11.3 Å². The largest absolute Gasteiger partial charge is 0.337 e. The fourth-order valence-electron chi connectivity index (χ4n) is 3.02. The van der Waals surface area contributed by atoms with Crippen molar-refractivity contribution in [1.82, 2.24) is 15.3 Å². The van der Waals surface area contributed by atoms with Crippen LogP contribution in [0.2, 0.25) is 0 Å². The minimum atomic E-state index is -0.770. The zero-order valence-corrected chi connectivity index (χ0v) is 16.4. The van der Waals surface area contributed by atoms with Gasteiger partial charge in [-0.15, -0.1) is 11.3 Å². The number of rotatable bonds is 6. The van der Waals surface area contributed by atoms with E-state index in [0.717, 1.165) is 33.6 Å². The van der Waals surface area contributed by atoms with Gasteiger partial charge in [-0.2, -0.15) is 5.26 Å². The van der Waals surface area contributed by atoms with E-state index in [2.05, 4.69) is 16.4 Å². The molecule has 1 saturated carbocycles. The number of aromatic nitrogens is 2. The number of nitrogens with zero attached hydrogens (tertiary/aromatic N) is 3. The number of para-hydroxylation sites is 1. The highest BCUT2D eigenvalue weighted by molar-refractivity contribution is 8.00. The molecule has 1 N–H and O–H groups in total. The number of benzene rings is 1. The molecule has 1 aliphatic rings. The fourth-order valence-corrected chi connectivity index (χ4v) is 4.49. The Morgan fingerprint density at radius 2 is 2.15 bits per heavy atom. The van der Waals surface area contributed by atoms with Crippen LogP contribution in [0.3, 0.4) is 0 Å². The molecule has 0 aliphatic heterocycles. The van der Waals surface area contributed by atoms with Gasteiger partial charge in [-0.1, -0.05) is 36.0 Å². The Morgan fingerprint density at radius 1 is 1.33 bits per heavy atom. The van der Waals surface area contributed by atoms with Gasteiger partial charge in [0, 0.05) is 5.39 Å². The lowest BCUT2D eigenvalue weighted by molar-refractivity contribution is -0.119. The second-order valence-corrected chi connectivity index (χ2v) is 8.68. The van der Waals surface area contributed by atoms with E-state index >= 15 is 0 Å². The molecular weight excluding hydrogens is 376 g/mol. The molecule has 2 heterocycles. The third kappa shape index (κ3) is 3.82. The molecular formula is C20H18N4OS2. The number of carbonyl (C=O) groups excluding carboxylic acids is 1. The zero-order valence-electron chi connectivity index (χ0n) is 14.8. The molecule has 4 rings (SSSR count). The van der Waals surface area contributed by atoms with Gasteiger partial charge in [0.25, 0.3) is 0 Å². The number of nitriles is 1. The van der Waals surface area contributed by atoms with E-state index in [9.17, 15) is 10.1 Å². The Balaban J connectivity index is 1.56. The number of fused-ring (bicyclic) bond motifs is 1. The second-order valence-electron chi connectivity index (χ2n) is 6.77. The van der Waals surface area contributed by atoms with Crippen molar-refractivity contribution in [1.29, 1.82) is 5.26 Å². The van der Waals surface area contributed by atoms with Crippen molar-refractivity contribution < 1.29 is 4.79 Å². The minimum absolute atomic E-state index is 0.142. The average Bonchev–Trinajstić information content (AvgIpc) is 3.41. The van der Waals surface area contributed by atoms with Crippen LogP contribution < -0.4 is 5.32 Å². The van der Waals surface area contributed by atoms with Crippen LogP contribution in [0.1, 0.15) is 19.8 Å². The van der Waals surface area contributed by atoms with Crippen LogP contribution in [0.15, 0.2) is 46.8 Å². The van der Waals surface area contributed by atoms with Crippen LogP contribution in [0.5, 0.6) is 0 Å². The molecule has 0 bridgehead atoms. The monoisotopic (exact) mass is 394 g/mol. The first-order valence-corrected chi connectivity index (χ1v) is 10.6. The maximum atomic E-state index is 12.4. The summed E-state index contributed by atoms with van der Waals surface area (Å²) in [6.07, 6.45) is 2.00. The van der Waals surface area contributed by atoms with Crippen LogP contribution in [-0.2, 0) is 4.79 Å². The summed E-state index contributed by atoms with van der Waals surface area (Å²) in [7, 11) is 0. The number of amides is 1. The molecule has 0 saturated heterocycles. The summed E-state index contributed by atoms with van der Waals surface area (Å²) in [5, 5.41) is 16.0. The first kappa shape index (κ1) is 18.0. The Morgan fingerprint density at radius 3 is 2.85 bits per heavy atom. The number of hydrogen-bond acceptors (Lipinski definition) is 6. The lowest BCUT2D eigenvalue weighted by Gasteiger charge is -2.22. The SMILES string of the molecule is CC(C#N)(NC(=O)CSc1nc(-c2cccs2)nc2ccccc12)C1CC1. The van der Waals surface area contributed by atoms with Gasteiger partial charge in [0.2, 0.25) is 5.91 Å². The third-order valence-corrected chi connectivity index (χ3v) is 6.53. The molecule has 1 unspecified atom stereocenters. The van der Waals surface area contributed by atoms with Crippen molar-refractivity contribution in [2.75, 3.05) is 5.75 Å². The van der Waals surface area contributed by atoms with E-state index < -0.39 is 5.54 Å². The number of hydrogen-bond donors (Lipinski definition) is 1. The molecule has 1 aliphatic carbocycles. The van der Waals surface area contributed by atoms with Gasteiger partial charge in [0.1, 0.15) is 10.6 Å². The first-order chi connectivity index (χ1) is 13.1. The molecule has 0 spiro atoms. The third-order valence-electron chi connectivity index (χ3n) is 4.67. The Kier molecular flexibility index (Phi) is 4.85. The average molecular weight is 395 g/mol. The zero-order chi connectivity index (χ0) is 18.9. The van der Waals surface area contributed by atoms with Crippen molar-refractivity contribution in [2.24, 2.45) is 5.92 Å². The lowest BCUT2D eigenvalue weighted by Crippen LogP contribution is -2.47. The van der Waals surface area contributed by atoms with Crippen LogP contribution in [0, 0.1) is 17.2 Å². The van der Waals surface area contributed by atoms with Crippen LogP contribution in [0.25, 0.3) is 21.6 Å². The molecule has 0 radical (unpaired) electrons.